The summed E-state index contributed by atoms with van der Waals surface area (Å²) in [5.41, 5.74) is 1.18. The molecule has 1 atom stereocenters. The van der Waals surface area contributed by atoms with Crippen molar-refractivity contribution in [1.82, 2.24) is 10.6 Å². The van der Waals surface area contributed by atoms with Gasteiger partial charge in [-0.1, -0.05) is 37.3 Å². The maximum absolute atomic E-state index is 11.6. The highest BCUT2D eigenvalue weighted by Crippen LogP contribution is 2.05. The van der Waals surface area contributed by atoms with E-state index in [1.807, 2.05) is 42.6 Å². The predicted molar refractivity (Wildman–Crippen MR) is 78.0 cm³/mol. The van der Waals surface area contributed by atoms with E-state index >= 15 is 0 Å². The topological polar surface area (TPSA) is 74.8 Å². The molecule has 0 heterocycles. The second-order valence-electron chi connectivity index (χ2n) is 4.77. The van der Waals surface area contributed by atoms with Gasteiger partial charge in [0.25, 0.3) is 5.91 Å². The van der Waals surface area contributed by atoms with Gasteiger partial charge < -0.3 is 16.0 Å². The summed E-state index contributed by atoms with van der Waals surface area (Å²) in [7, 11) is 0. The minimum absolute atomic E-state index is 0.0480. The van der Waals surface area contributed by atoms with Crippen LogP contribution in [-0.2, 0) is 9.59 Å². The third kappa shape index (κ3) is 6.33. The number of quaternary nitrogens is 1. The van der Waals surface area contributed by atoms with Crippen molar-refractivity contribution < 1.29 is 14.9 Å². The Balaban J connectivity index is 2.21. The smallest absolute Gasteiger partial charge is 0.275 e. The van der Waals surface area contributed by atoms with Crippen molar-refractivity contribution in [2.75, 3.05) is 19.6 Å². The normalized spacial score (nSPS) is 11.7. The third-order valence-electron chi connectivity index (χ3n) is 3.00. The minimum Gasteiger partial charge on any atom is -0.355 e. The van der Waals surface area contributed by atoms with Gasteiger partial charge >= 0.3 is 0 Å². The molecule has 1 aromatic rings. The van der Waals surface area contributed by atoms with Gasteiger partial charge in [-0.05, 0) is 13.3 Å². The molecule has 0 bridgehead atoms. The molecule has 20 heavy (non-hydrogen) atoms. The van der Waals surface area contributed by atoms with Crippen molar-refractivity contribution >= 4 is 11.8 Å². The first kappa shape index (κ1) is 16.2. The quantitative estimate of drug-likeness (QED) is 0.624. The van der Waals surface area contributed by atoms with Gasteiger partial charge in [-0.2, -0.15) is 0 Å². The Morgan fingerprint density at radius 2 is 1.85 bits per heavy atom. The average Bonchev–Trinajstić information content (AvgIpc) is 2.49. The molecule has 0 fully saturated rings. The Morgan fingerprint density at radius 3 is 2.50 bits per heavy atom. The maximum atomic E-state index is 11.6. The molecule has 110 valence electrons. The van der Waals surface area contributed by atoms with E-state index in [9.17, 15) is 9.59 Å². The van der Waals surface area contributed by atoms with Crippen LogP contribution in [0.5, 0.6) is 0 Å². The molecule has 5 heteroatoms. The number of nitrogens with one attached hydrogen (secondary N) is 2. The fraction of sp³-hybridized carbons (Fsp3) is 0.467. The third-order valence-corrected chi connectivity index (χ3v) is 3.00. The Hall–Kier alpha value is -1.88. The highest BCUT2D eigenvalue weighted by molar-refractivity contribution is 5.84. The molecule has 0 aromatic heterocycles. The predicted octanol–water partition coefficient (Wildman–Crippen LogP) is -0.0466. The molecular formula is C15H24N3O2+. The largest absolute Gasteiger partial charge is 0.355 e. The standard InChI is InChI=1S/C15H23N3O2/c1-3-9-16-14(19)11-18-15(20)10-17-12(2)13-7-5-4-6-8-13/h4-8,12,17H,3,9-11H2,1-2H3,(H,16,19)(H,18,20)/p+1/t12-/m1/s1. The van der Waals surface area contributed by atoms with Gasteiger partial charge in [0.2, 0.25) is 5.91 Å². The van der Waals surface area contributed by atoms with Gasteiger partial charge in [0.15, 0.2) is 6.54 Å². The van der Waals surface area contributed by atoms with Crippen LogP contribution >= 0.6 is 0 Å². The molecule has 0 radical (unpaired) electrons. The molecule has 0 aliphatic heterocycles. The van der Waals surface area contributed by atoms with E-state index in [4.69, 9.17) is 0 Å². The number of nitrogens with two attached hydrogens (primary N) is 1. The summed E-state index contributed by atoms with van der Waals surface area (Å²) in [6, 6.07) is 10.2. The number of rotatable bonds is 8. The summed E-state index contributed by atoms with van der Waals surface area (Å²) in [5, 5.41) is 7.28. The van der Waals surface area contributed by atoms with Crippen LogP contribution in [-0.4, -0.2) is 31.4 Å². The molecule has 0 spiro atoms. The van der Waals surface area contributed by atoms with Gasteiger partial charge in [-0.3, -0.25) is 9.59 Å². The average molecular weight is 278 g/mol. The van der Waals surface area contributed by atoms with Gasteiger partial charge in [0.05, 0.1) is 6.54 Å². The lowest BCUT2D eigenvalue weighted by molar-refractivity contribution is -0.682. The summed E-state index contributed by atoms with van der Waals surface area (Å²) in [6.45, 7) is 5.05. The van der Waals surface area contributed by atoms with Crippen LogP contribution in [0.2, 0.25) is 0 Å². The minimum atomic E-state index is -0.142. The van der Waals surface area contributed by atoms with Crippen LogP contribution in [0.15, 0.2) is 30.3 Å². The first-order valence-electron chi connectivity index (χ1n) is 7.05. The van der Waals surface area contributed by atoms with Crippen molar-refractivity contribution in [3.05, 3.63) is 35.9 Å². The van der Waals surface area contributed by atoms with E-state index in [1.165, 1.54) is 5.56 Å². The number of hydrogen-bond acceptors (Lipinski definition) is 2. The van der Waals surface area contributed by atoms with E-state index in [-0.39, 0.29) is 24.4 Å². The molecular weight excluding hydrogens is 254 g/mol. The van der Waals surface area contributed by atoms with Gasteiger partial charge in [-0.15, -0.1) is 0 Å². The molecule has 0 saturated heterocycles. The summed E-state index contributed by atoms with van der Waals surface area (Å²) < 4.78 is 0. The molecule has 4 N–H and O–H groups in total. The van der Waals surface area contributed by atoms with Crippen LogP contribution in [0, 0.1) is 0 Å². The lowest BCUT2D eigenvalue weighted by Crippen LogP contribution is -2.87. The van der Waals surface area contributed by atoms with E-state index < -0.39 is 0 Å². The fourth-order valence-electron chi connectivity index (χ4n) is 1.75. The monoisotopic (exact) mass is 278 g/mol. The van der Waals surface area contributed by atoms with Crippen LogP contribution in [0.25, 0.3) is 0 Å². The van der Waals surface area contributed by atoms with Crippen molar-refractivity contribution in [2.24, 2.45) is 0 Å². The molecule has 0 aliphatic rings. The molecule has 2 amide bonds. The van der Waals surface area contributed by atoms with Crippen LogP contribution in [0.4, 0.5) is 0 Å². The molecule has 1 rings (SSSR count). The number of benzene rings is 1. The second-order valence-corrected chi connectivity index (χ2v) is 4.77. The Morgan fingerprint density at radius 1 is 1.15 bits per heavy atom. The Kier molecular flexibility index (Phi) is 7.35. The molecule has 1 aromatic carbocycles. The van der Waals surface area contributed by atoms with E-state index in [2.05, 4.69) is 17.6 Å². The summed E-state index contributed by atoms with van der Waals surface area (Å²) in [4.78, 5) is 23.0. The van der Waals surface area contributed by atoms with E-state index in [1.54, 1.807) is 0 Å². The zero-order valence-corrected chi connectivity index (χ0v) is 12.2. The Bertz CT molecular complexity index is 420. The first-order valence-corrected chi connectivity index (χ1v) is 7.05. The first-order chi connectivity index (χ1) is 9.63. The number of carbonyl (C=O) groups excluding carboxylic acids is 2. The molecule has 0 unspecified atom stereocenters. The van der Waals surface area contributed by atoms with Gasteiger partial charge in [-0.25, -0.2) is 0 Å². The summed E-state index contributed by atoms with van der Waals surface area (Å²) >= 11 is 0. The van der Waals surface area contributed by atoms with Crippen molar-refractivity contribution in [3.63, 3.8) is 0 Å². The van der Waals surface area contributed by atoms with E-state index in [0.29, 0.717) is 13.1 Å². The van der Waals surface area contributed by atoms with Gasteiger partial charge in [0.1, 0.15) is 6.04 Å². The lowest BCUT2D eigenvalue weighted by atomic mass is 10.1. The highest BCUT2D eigenvalue weighted by atomic mass is 16.2. The fourth-order valence-corrected chi connectivity index (χ4v) is 1.75. The highest BCUT2D eigenvalue weighted by Gasteiger charge is 2.11. The van der Waals surface area contributed by atoms with Crippen molar-refractivity contribution in [2.45, 2.75) is 26.3 Å². The van der Waals surface area contributed by atoms with Crippen LogP contribution < -0.4 is 16.0 Å². The second kappa shape index (κ2) is 9.09. The van der Waals surface area contributed by atoms with Gasteiger partial charge in [0, 0.05) is 12.1 Å². The van der Waals surface area contributed by atoms with Crippen molar-refractivity contribution in [3.8, 4) is 0 Å². The maximum Gasteiger partial charge on any atom is 0.275 e. The van der Waals surface area contributed by atoms with Crippen LogP contribution in [0.1, 0.15) is 31.9 Å². The van der Waals surface area contributed by atoms with Crippen LogP contribution in [0.3, 0.4) is 0 Å². The zero-order chi connectivity index (χ0) is 14.8. The molecule has 0 aliphatic carbocycles. The Labute approximate surface area is 120 Å². The zero-order valence-electron chi connectivity index (χ0n) is 12.2. The molecule has 0 saturated carbocycles. The number of carbonyl (C=O) groups is 2. The molecule has 5 nitrogen and oxygen atoms in total. The summed E-state index contributed by atoms with van der Waals surface area (Å²) in [5.74, 6) is -0.268. The van der Waals surface area contributed by atoms with E-state index in [0.717, 1.165) is 6.42 Å². The lowest BCUT2D eigenvalue weighted by Gasteiger charge is -2.11. The number of amides is 2. The SMILES string of the molecule is CCCNC(=O)CNC(=O)C[NH2+][C@H](C)c1ccccc1. The summed E-state index contributed by atoms with van der Waals surface area (Å²) in [6.07, 6.45) is 0.891. The number of hydrogen-bond donors (Lipinski definition) is 3. The van der Waals surface area contributed by atoms with Crippen molar-refractivity contribution in [1.29, 1.82) is 0 Å².